The molecule has 2 aromatic rings. The number of anilines is 1. The number of benzene rings is 1. The van der Waals surface area contributed by atoms with E-state index in [2.05, 4.69) is 10.4 Å². The summed E-state index contributed by atoms with van der Waals surface area (Å²) in [5.74, 6) is -0.951. The van der Waals surface area contributed by atoms with Crippen LogP contribution in [0.1, 0.15) is 35.1 Å². The Morgan fingerprint density at radius 2 is 2.23 bits per heavy atom. The van der Waals surface area contributed by atoms with Gasteiger partial charge in [-0.2, -0.15) is 5.10 Å². The van der Waals surface area contributed by atoms with E-state index in [1.54, 1.807) is 9.58 Å². The highest BCUT2D eigenvalue weighted by Crippen LogP contribution is 2.30. The molecule has 1 aromatic carbocycles. The molecule has 1 aromatic heterocycles. The predicted molar refractivity (Wildman–Crippen MR) is 110 cm³/mol. The van der Waals surface area contributed by atoms with Crippen molar-refractivity contribution >= 4 is 29.2 Å². The van der Waals surface area contributed by atoms with Crippen LogP contribution in [-0.4, -0.2) is 62.6 Å². The quantitative estimate of drug-likeness (QED) is 0.746. The van der Waals surface area contributed by atoms with Crippen LogP contribution in [0.25, 0.3) is 0 Å². The number of nitrogens with one attached hydrogen (secondary N) is 1. The number of aliphatic hydroxyl groups is 1. The van der Waals surface area contributed by atoms with Gasteiger partial charge in [-0.25, -0.2) is 14.2 Å². The zero-order valence-electron chi connectivity index (χ0n) is 17.1. The Kier molecular flexibility index (Phi) is 5.87. The summed E-state index contributed by atoms with van der Waals surface area (Å²) in [4.78, 5) is 33.1. The van der Waals surface area contributed by atoms with Crippen molar-refractivity contribution in [3.63, 3.8) is 0 Å². The van der Waals surface area contributed by atoms with Crippen molar-refractivity contribution in [2.45, 2.75) is 45.0 Å². The maximum absolute atomic E-state index is 13.4. The lowest BCUT2D eigenvalue weighted by Gasteiger charge is -2.35. The molecule has 3 heterocycles. The van der Waals surface area contributed by atoms with Crippen LogP contribution in [0.3, 0.4) is 0 Å². The SMILES string of the molecule is CC[C@H]1Cc2nn3c(c2CN1C(=O)Nc1ccc(F)c(Cl)c1)C(=O)N(C)O[C@H](CO)C3. The van der Waals surface area contributed by atoms with E-state index < -0.39 is 11.9 Å². The lowest BCUT2D eigenvalue weighted by molar-refractivity contribution is -0.159. The van der Waals surface area contributed by atoms with Gasteiger partial charge in [-0.15, -0.1) is 0 Å². The summed E-state index contributed by atoms with van der Waals surface area (Å²) >= 11 is 5.82. The zero-order valence-corrected chi connectivity index (χ0v) is 17.9. The topological polar surface area (TPSA) is 99.9 Å². The van der Waals surface area contributed by atoms with Crippen molar-refractivity contribution in [1.29, 1.82) is 0 Å². The molecule has 166 valence electrons. The molecule has 9 nitrogen and oxygen atoms in total. The van der Waals surface area contributed by atoms with Crippen LogP contribution >= 0.6 is 11.6 Å². The third kappa shape index (κ3) is 3.98. The predicted octanol–water partition coefficient (Wildman–Crippen LogP) is 2.42. The van der Waals surface area contributed by atoms with Gasteiger partial charge in [0.2, 0.25) is 0 Å². The molecule has 2 atom stereocenters. The van der Waals surface area contributed by atoms with E-state index >= 15 is 0 Å². The number of aromatic nitrogens is 2. The number of hydroxylamine groups is 2. The number of carbonyl (C=O) groups excluding carboxylic acids is 2. The van der Waals surface area contributed by atoms with Gasteiger partial charge in [0.15, 0.2) is 0 Å². The van der Waals surface area contributed by atoms with Crippen LogP contribution in [0.2, 0.25) is 5.02 Å². The van der Waals surface area contributed by atoms with Gasteiger partial charge in [-0.3, -0.25) is 14.3 Å². The van der Waals surface area contributed by atoms with E-state index in [-0.39, 0.29) is 42.7 Å². The monoisotopic (exact) mass is 451 g/mol. The molecule has 0 bridgehead atoms. The highest BCUT2D eigenvalue weighted by atomic mass is 35.5. The number of nitrogens with zero attached hydrogens (tertiary/aromatic N) is 4. The second-order valence-electron chi connectivity index (χ2n) is 7.62. The summed E-state index contributed by atoms with van der Waals surface area (Å²) in [6.45, 7) is 2.13. The van der Waals surface area contributed by atoms with Gasteiger partial charge in [-0.1, -0.05) is 18.5 Å². The average molecular weight is 452 g/mol. The van der Waals surface area contributed by atoms with Crippen molar-refractivity contribution in [1.82, 2.24) is 19.7 Å². The minimum absolute atomic E-state index is 0.0835. The number of aliphatic hydroxyl groups excluding tert-OH is 1. The Morgan fingerprint density at radius 3 is 2.90 bits per heavy atom. The number of urea groups is 1. The van der Waals surface area contributed by atoms with E-state index in [0.29, 0.717) is 29.8 Å². The van der Waals surface area contributed by atoms with Gasteiger partial charge in [0, 0.05) is 30.8 Å². The van der Waals surface area contributed by atoms with E-state index in [0.717, 1.165) is 10.8 Å². The lowest BCUT2D eigenvalue weighted by Crippen LogP contribution is -2.46. The maximum Gasteiger partial charge on any atom is 0.322 e. The third-order valence-electron chi connectivity index (χ3n) is 5.61. The fourth-order valence-electron chi connectivity index (χ4n) is 3.99. The number of rotatable bonds is 3. The highest BCUT2D eigenvalue weighted by Gasteiger charge is 2.38. The number of amides is 3. The Bertz CT molecular complexity index is 1030. The van der Waals surface area contributed by atoms with Crippen LogP contribution in [0.5, 0.6) is 0 Å². The molecule has 2 aliphatic rings. The highest BCUT2D eigenvalue weighted by molar-refractivity contribution is 6.31. The Hall–Kier alpha value is -2.69. The minimum Gasteiger partial charge on any atom is -0.393 e. The van der Waals surface area contributed by atoms with Crippen LogP contribution in [0.4, 0.5) is 14.9 Å². The Labute approximate surface area is 183 Å². The van der Waals surface area contributed by atoms with Crippen LogP contribution in [-0.2, 0) is 24.3 Å². The number of hydrogen-bond donors (Lipinski definition) is 2. The largest absolute Gasteiger partial charge is 0.393 e. The molecule has 0 saturated heterocycles. The van der Waals surface area contributed by atoms with Crippen LogP contribution < -0.4 is 5.32 Å². The molecule has 2 N–H and O–H groups in total. The van der Waals surface area contributed by atoms with Crippen molar-refractivity contribution in [2.75, 3.05) is 19.0 Å². The van der Waals surface area contributed by atoms with Gasteiger partial charge in [-0.05, 0) is 24.6 Å². The van der Waals surface area contributed by atoms with E-state index in [4.69, 9.17) is 16.4 Å². The normalized spacial score (nSPS) is 20.9. The molecule has 2 aliphatic heterocycles. The molecule has 0 radical (unpaired) electrons. The van der Waals surface area contributed by atoms with Gasteiger partial charge in [0.05, 0.1) is 30.4 Å². The number of halogens is 2. The average Bonchev–Trinajstić information content (AvgIpc) is 3.04. The van der Waals surface area contributed by atoms with Gasteiger partial charge < -0.3 is 15.3 Å². The molecule has 3 amide bonds. The minimum atomic E-state index is -0.596. The van der Waals surface area contributed by atoms with Gasteiger partial charge >= 0.3 is 6.03 Å². The zero-order chi connectivity index (χ0) is 22.3. The summed E-state index contributed by atoms with van der Waals surface area (Å²) in [5.41, 5.74) is 2.15. The first-order chi connectivity index (χ1) is 14.8. The van der Waals surface area contributed by atoms with E-state index in [1.807, 2.05) is 6.92 Å². The molecule has 31 heavy (non-hydrogen) atoms. The van der Waals surface area contributed by atoms with Crippen molar-refractivity contribution in [2.24, 2.45) is 0 Å². The van der Waals surface area contributed by atoms with Crippen molar-refractivity contribution in [3.05, 3.63) is 46.0 Å². The molecule has 4 rings (SSSR count). The van der Waals surface area contributed by atoms with Crippen molar-refractivity contribution < 1.29 is 23.9 Å². The summed E-state index contributed by atoms with van der Waals surface area (Å²) < 4.78 is 15.0. The number of fused-ring (bicyclic) bond motifs is 3. The first-order valence-electron chi connectivity index (χ1n) is 9.99. The Morgan fingerprint density at radius 1 is 1.45 bits per heavy atom. The fraction of sp³-hybridized carbons (Fsp3) is 0.450. The van der Waals surface area contributed by atoms with Gasteiger partial charge in [0.1, 0.15) is 17.6 Å². The van der Waals surface area contributed by atoms with Gasteiger partial charge in [0.25, 0.3) is 5.91 Å². The molecule has 0 unspecified atom stereocenters. The van der Waals surface area contributed by atoms with E-state index in [9.17, 15) is 19.1 Å². The molecular weight excluding hydrogens is 429 g/mol. The maximum atomic E-state index is 13.4. The number of hydrogen-bond acceptors (Lipinski definition) is 5. The van der Waals surface area contributed by atoms with E-state index in [1.165, 1.54) is 25.2 Å². The summed E-state index contributed by atoms with van der Waals surface area (Å²) in [5, 5.41) is 17.9. The summed E-state index contributed by atoms with van der Waals surface area (Å²) in [7, 11) is 1.49. The van der Waals surface area contributed by atoms with Crippen LogP contribution in [0.15, 0.2) is 18.2 Å². The molecular formula is C20H23ClFN5O4. The lowest BCUT2D eigenvalue weighted by atomic mass is 9.97. The summed E-state index contributed by atoms with van der Waals surface area (Å²) in [6.07, 6.45) is 0.585. The van der Waals surface area contributed by atoms with Crippen LogP contribution in [0, 0.1) is 5.82 Å². The standard InChI is InChI=1S/C20H23ClFN5O4/c1-3-12-7-17-14(18-19(29)25(2)31-13(10-28)8-27(18)24-17)9-26(12)20(30)23-11-4-5-16(22)15(21)6-11/h4-6,12-13,28H,3,7-10H2,1-2H3,(H,23,30)/t12-,13-/m0/s1. The third-order valence-corrected chi connectivity index (χ3v) is 5.90. The fourth-order valence-corrected chi connectivity index (χ4v) is 4.17. The second-order valence-corrected chi connectivity index (χ2v) is 8.03. The molecule has 0 aliphatic carbocycles. The molecule has 0 fully saturated rings. The molecule has 11 heteroatoms. The first-order valence-corrected chi connectivity index (χ1v) is 10.4. The smallest absolute Gasteiger partial charge is 0.322 e. The molecule has 0 spiro atoms. The first kappa shape index (κ1) is 21.5. The molecule has 0 saturated carbocycles. The second kappa shape index (κ2) is 8.45. The Balaban J connectivity index is 1.64. The van der Waals surface area contributed by atoms with Crippen molar-refractivity contribution in [3.8, 4) is 0 Å². The number of carbonyl (C=O) groups is 2. The summed E-state index contributed by atoms with van der Waals surface area (Å²) in [6, 6.07) is 3.47.